The van der Waals surface area contributed by atoms with Crippen molar-refractivity contribution in [2.45, 2.75) is 13.8 Å². The number of imide groups is 1. The Bertz CT molecular complexity index is 603. The summed E-state index contributed by atoms with van der Waals surface area (Å²) in [6.45, 7) is 3.81. The second-order valence-corrected chi connectivity index (χ2v) is 5.26. The largest absolute Gasteiger partial charge is 0.508 e. The molecule has 110 valence electrons. The van der Waals surface area contributed by atoms with Gasteiger partial charge in [0.25, 0.3) is 0 Å². The highest BCUT2D eigenvalue weighted by atomic mass is 16.3. The number of carbonyl (C=O) groups is 2. The van der Waals surface area contributed by atoms with Gasteiger partial charge < -0.3 is 10.0 Å². The van der Waals surface area contributed by atoms with Crippen LogP contribution in [-0.4, -0.2) is 41.5 Å². The fraction of sp³-hybridized carbons (Fsp3) is 0.400. The summed E-state index contributed by atoms with van der Waals surface area (Å²) in [4.78, 5) is 27.1. The van der Waals surface area contributed by atoms with Crippen LogP contribution in [0.3, 0.4) is 0 Å². The summed E-state index contributed by atoms with van der Waals surface area (Å²) in [6, 6.07) is 6.84. The van der Waals surface area contributed by atoms with E-state index >= 15 is 0 Å². The number of phenolic OH excluding ortho intramolecular Hbond substituents is 1. The predicted octanol–water partition coefficient (Wildman–Crippen LogP) is 1.04. The van der Waals surface area contributed by atoms with Crippen LogP contribution >= 0.6 is 0 Å². The summed E-state index contributed by atoms with van der Waals surface area (Å²) in [7, 11) is 0. The van der Waals surface area contributed by atoms with Crippen molar-refractivity contribution in [3.8, 4) is 11.8 Å². The van der Waals surface area contributed by atoms with Crippen LogP contribution in [0, 0.1) is 24.2 Å². The SMILES string of the molecule is Cc1cc(O)ccc1N1CC(=O)N(CC(C)C#N)C(=O)C1. The molecular weight excluding hydrogens is 270 g/mol. The van der Waals surface area contributed by atoms with Gasteiger partial charge in [-0.3, -0.25) is 14.5 Å². The summed E-state index contributed by atoms with van der Waals surface area (Å²) < 4.78 is 0. The van der Waals surface area contributed by atoms with E-state index in [0.29, 0.717) is 0 Å². The van der Waals surface area contributed by atoms with Gasteiger partial charge in [-0.15, -0.1) is 0 Å². The third kappa shape index (κ3) is 3.14. The molecule has 6 nitrogen and oxygen atoms in total. The minimum absolute atomic E-state index is 0.0928. The van der Waals surface area contributed by atoms with Gasteiger partial charge in [-0.1, -0.05) is 0 Å². The Hall–Kier alpha value is -2.55. The van der Waals surface area contributed by atoms with E-state index in [1.54, 1.807) is 24.0 Å². The first kappa shape index (κ1) is 14.9. The van der Waals surface area contributed by atoms with Crippen LogP contribution in [0.25, 0.3) is 0 Å². The summed E-state index contributed by atoms with van der Waals surface area (Å²) >= 11 is 0. The minimum Gasteiger partial charge on any atom is -0.508 e. The van der Waals surface area contributed by atoms with Crippen molar-refractivity contribution in [2.24, 2.45) is 5.92 Å². The summed E-state index contributed by atoms with van der Waals surface area (Å²) in [5, 5.41) is 18.2. The number of amides is 2. The molecule has 1 unspecified atom stereocenters. The molecule has 21 heavy (non-hydrogen) atoms. The van der Waals surface area contributed by atoms with Gasteiger partial charge in [0, 0.05) is 12.2 Å². The van der Waals surface area contributed by atoms with Crippen LogP contribution in [0.15, 0.2) is 18.2 Å². The van der Waals surface area contributed by atoms with Gasteiger partial charge in [-0.25, -0.2) is 0 Å². The predicted molar refractivity (Wildman–Crippen MR) is 76.6 cm³/mol. The van der Waals surface area contributed by atoms with Crippen LogP contribution < -0.4 is 4.90 Å². The average Bonchev–Trinajstić information content (AvgIpc) is 2.42. The van der Waals surface area contributed by atoms with E-state index in [1.807, 2.05) is 13.0 Å². The molecule has 0 spiro atoms. The topological polar surface area (TPSA) is 84.6 Å². The first-order chi connectivity index (χ1) is 9.92. The standard InChI is InChI=1S/C15H17N3O3/c1-10(6-16)7-18-14(20)8-17(9-15(18)21)13-4-3-12(19)5-11(13)2/h3-5,10,19H,7-9H2,1-2H3. The number of hydrogen-bond donors (Lipinski definition) is 1. The second kappa shape index (κ2) is 5.83. The van der Waals surface area contributed by atoms with Crippen LogP contribution in [-0.2, 0) is 9.59 Å². The van der Waals surface area contributed by atoms with Crippen molar-refractivity contribution in [1.82, 2.24) is 4.90 Å². The lowest BCUT2D eigenvalue weighted by atomic mass is 10.1. The molecule has 2 amide bonds. The van der Waals surface area contributed by atoms with Crippen LogP contribution in [0.4, 0.5) is 5.69 Å². The molecule has 1 saturated heterocycles. The zero-order valence-electron chi connectivity index (χ0n) is 12.0. The van der Waals surface area contributed by atoms with Crippen molar-refractivity contribution >= 4 is 17.5 Å². The van der Waals surface area contributed by atoms with Gasteiger partial charge in [-0.2, -0.15) is 5.26 Å². The van der Waals surface area contributed by atoms with Crippen molar-refractivity contribution in [2.75, 3.05) is 24.5 Å². The van der Waals surface area contributed by atoms with Gasteiger partial charge in [0.15, 0.2) is 0 Å². The van der Waals surface area contributed by atoms with E-state index in [1.165, 1.54) is 6.07 Å². The lowest BCUT2D eigenvalue weighted by Gasteiger charge is -2.35. The molecule has 1 N–H and O–H groups in total. The Morgan fingerprint density at radius 1 is 1.33 bits per heavy atom. The molecule has 0 aromatic heterocycles. The van der Waals surface area contributed by atoms with Crippen molar-refractivity contribution in [3.05, 3.63) is 23.8 Å². The molecule has 1 aromatic carbocycles. The third-order valence-corrected chi connectivity index (χ3v) is 3.45. The van der Waals surface area contributed by atoms with Gasteiger partial charge in [0.1, 0.15) is 5.75 Å². The Balaban J connectivity index is 2.17. The van der Waals surface area contributed by atoms with Crippen molar-refractivity contribution < 1.29 is 14.7 Å². The number of hydrogen-bond acceptors (Lipinski definition) is 5. The highest BCUT2D eigenvalue weighted by Crippen LogP contribution is 2.25. The molecule has 1 fully saturated rings. The fourth-order valence-corrected chi connectivity index (χ4v) is 2.38. The van der Waals surface area contributed by atoms with Crippen LogP contribution in [0.1, 0.15) is 12.5 Å². The van der Waals surface area contributed by atoms with Gasteiger partial charge in [0.2, 0.25) is 11.8 Å². The van der Waals surface area contributed by atoms with E-state index in [-0.39, 0.29) is 43.1 Å². The third-order valence-electron chi connectivity index (χ3n) is 3.45. The lowest BCUT2D eigenvalue weighted by molar-refractivity contribution is -0.145. The quantitative estimate of drug-likeness (QED) is 0.839. The van der Waals surface area contributed by atoms with Gasteiger partial charge in [-0.05, 0) is 37.6 Å². The number of rotatable bonds is 3. The number of aromatic hydroxyl groups is 1. The first-order valence-electron chi connectivity index (χ1n) is 6.69. The molecule has 1 aliphatic rings. The fourth-order valence-electron chi connectivity index (χ4n) is 2.38. The van der Waals surface area contributed by atoms with Gasteiger partial charge in [0.05, 0.1) is 25.1 Å². The van der Waals surface area contributed by atoms with Crippen LogP contribution in [0.2, 0.25) is 0 Å². The molecule has 6 heteroatoms. The molecule has 0 radical (unpaired) electrons. The highest BCUT2D eigenvalue weighted by Gasteiger charge is 2.32. The summed E-state index contributed by atoms with van der Waals surface area (Å²) in [5.41, 5.74) is 1.55. The lowest BCUT2D eigenvalue weighted by Crippen LogP contribution is -2.55. The molecule has 1 aliphatic heterocycles. The Morgan fingerprint density at radius 3 is 2.48 bits per heavy atom. The number of piperazine rings is 1. The Kier molecular flexibility index (Phi) is 4.13. The number of aryl methyl sites for hydroxylation is 1. The molecular formula is C15H17N3O3. The van der Waals surface area contributed by atoms with Gasteiger partial charge >= 0.3 is 0 Å². The summed E-state index contributed by atoms with van der Waals surface area (Å²) in [6.07, 6.45) is 0. The molecule has 0 saturated carbocycles. The Labute approximate surface area is 123 Å². The minimum atomic E-state index is -0.375. The maximum Gasteiger partial charge on any atom is 0.248 e. The van der Waals surface area contributed by atoms with E-state index in [0.717, 1.165) is 16.2 Å². The monoisotopic (exact) mass is 287 g/mol. The molecule has 1 atom stereocenters. The first-order valence-corrected chi connectivity index (χ1v) is 6.69. The number of carbonyl (C=O) groups excluding carboxylic acids is 2. The maximum absolute atomic E-state index is 12.1. The Morgan fingerprint density at radius 2 is 1.95 bits per heavy atom. The average molecular weight is 287 g/mol. The number of benzene rings is 1. The molecule has 0 bridgehead atoms. The number of phenols is 1. The molecule has 0 aliphatic carbocycles. The normalized spacial score (nSPS) is 16.8. The molecule has 1 heterocycles. The molecule has 2 rings (SSSR count). The summed E-state index contributed by atoms with van der Waals surface area (Å²) in [5.74, 6) is -0.836. The van der Waals surface area contributed by atoms with Crippen molar-refractivity contribution in [3.63, 3.8) is 0 Å². The van der Waals surface area contributed by atoms with E-state index in [2.05, 4.69) is 0 Å². The smallest absolute Gasteiger partial charge is 0.248 e. The number of anilines is 1. The zero-order valence-corrected chi connectivity index (χ0v) is 12.0. The van der Waals surface area contributed by atoms with E-state index in [4.69, 9.17) is 5.26 Å². The number of nitrogens with zero attached hydrogens (tertiary/aromatic N) is 3. The zero-order chi connectivity index (χ0) is 15.6. The van der Waals surface area contributed by atoms with Crippen molar-refractivity contribution in [1.29, 1.82) is 5.26 Å². The highest BCUT2D eigenvalue weighted by molar-refractivity contribution is 6.03. The second-order valence-electron chi connectivity index (χ2n) is 5.26. The van der Waals surface area contributed by atoms with E-state index < -0.39 is 0 Å². The maximum atomic E-state index is 12.1. The van der Waals surface area contributed by atoms with E-state index in [9.17, 15) is 14.7 Å². The number of nitriles is 1. The van der Waals surface area contributed by atoms with Crippen LogP contribution in [0.5, 0.6) is 5.75 Å². The molecule has 1 aromatic rings.